The number of hydrogen-bond acceptors (Lipinski definition) is 5. The van der Waals surface area contributed by atoms with E-state index in [0.29, 0.717) is 28.7 Å². The van der Waals surface area contributed by atoms with E-state index >= 15 is 0 Å². The lowest BCUT2D eigenvalue weighted by molar-refractivity contribution is 0.102. The normalized spacial score (nSPS) is 10.9. The molecule has 0 saturated carbocycles. The lowest BCUT2D eigenvalue weighted by Gasteiger charge is -2.13. The highest BCUT2D eigenvalue weighted by molar-refractivity contribution is 6.11. The molecule has 0 aliphatic rings. The fraction of sp³-hybridized carbons (Fsp3) is 0.0417. The van der Waals surface area contributed by atoms with Crippen LogP contribution < -0.4 is 10.9 Å². The zero-order valence-corrected chi connectivity index (χ0v) is 16.9. The van der Waals surface area contributed by atoms with Crippen LogP contribution in [0.15, 0.2) is 96.3 Å². The predicted molar refractivity (Wildman–Crippen MR) is 121 cm³/mol. The SMILES string of the molecule is O=C(Nc1ccccc1Cn1cncn1)c1nn(-c2ccccc2)c(=O)c2ccccc12. The van der Waals surface area contributed by atoms with Crippen LogP contribution in [0.3, 0.4) is 0 Å². The van der Waals surface area contributed by atoms with Crippen LogP contribution in [0.1, 0.15) is 16.1 Å². The Balaban J connectivity index is 1.58. The van der Waals surface area contributed by atoms with Gasteiger partial charge in [0.1, 0.15) is 12.7 Å². The van der Waals surface area contributed by atoms with Crippen LogP contribution in [-0.4, -0.2) is 30.5 Å². The minimum Gasteiger partial charge on any atom is -0.320 e. The smallest absolute Gasteiger partial charge is 0.279 e. The van der Waals surface area contributed by atoms with E-state index in [1.165, 1.54) is 11.0 Å². The number of fused-ring (bicyclic) bond motifs is 1. The second-order valence-corrected chi connectivity index (χ2v) is 7.15. The number of para-hydroxylation sites is 2. The lowest BCUT2D eigenvalue weighted by atomic mass is 10.1. The molecule has 156 valence electrons. The Hall–Kier alpha value is -4.59. The van der Waals surface area contributed by atoms with Crippen LogP contribution in [0.4, 0.5) is 5.69 Å². The molecule has 1 amide bonds. The van der Waals surface area contributed by atoms with Crippen molar-refractivity contribution in [1.82, 2.24) is 24.5 Å². The van der Waals surface area contributed by atoms with Gasteiger partial charge in [-0.3, -0.25) is 9.59 Å². The van der Waals surface area contributed by atoms with E-state index < -0.39 is 5.91 Å². The van der Waals surface area contributed by atoms with Crippen LogP contribution in [-0.2, 0) is 6.54 Å². The van der Waals surface area contributed by atoms with Gasteiger partial charge in [-0.25, -0.2) is 9.67 Å². The first-order valence-electron chi connectivity index (χ1n) is 10.00. The number of aromatic nitrogens is 5. The maximum absolute atomic E-state index is 13.4. The third-order valence-electron chi connectivity index (χ3n) is 5.09. The molecule has 3 aromatic carbocycles. The van der Waals surface area contributed by atoms with Gasteiger partial charge in [-0.1, -0.05) is 54.6 Å². The molecule has 8 heteroatoms. The van der Waals surface area contributed by atoms with Gasteiger partial charge in [-0.15, -0.1) is 0 Å². The van der Waals surface area contributed by atoms with E-state index in [1.807, 2.05) is 42.5 Å². The van der Waals surface area contributed by atoms with Gasteiger partial charge in [0.25, 0.3) is 11.5 Å². The molecule has 1 N–H and O–H groups in total. The van der Waals surface area contributed by atoms with Gasteiger partial charge in [0.2, 0.25) is 0 Å². The number of anilines is 1. The summed E-state index contributed by atoms with van der Waals surface area (Å²) in [6, 6.07) is 23.5. The summed E-state index contributed by atoms with van der Waals surface area (Å²) >= 11 is 0. The molecule has 2 heterocycles. The van der Waals surface area contributed by atoms with Crippen molar-refractivity contribution >= 4 is 22.4 Å². The standard InChI is InChI=1S/C24H18N6O2/c31-23(27-21-13-7-4-8-17(21)14-29-16-25-15-26-29)22-19-11-5-6-12-20(19)24(32)30(28-22)18-9-2-1-3-10-18/h1-13,15-16H,14H2,(H,27,31). The minimum atomic E-state index is -0.406. The average molecular weight is 422 g/mol. The van der Waals surface area contributed by atoms with Gasteiger partial charge in [0, 0.05) is 11.1 Å². The van der Waals surface area contributed by atoms with Crippen LogP contribution in [0, 0.1) is 0 Å². The molecule has 0 fully saturated rings. The minimum absolute atomic E-state index is 0.166. The summed E-state index contributed by atoms with van der Waals surface area (Å²) in [6.45, 7) is 0.453. The van der Waals surface area contributed by atoms with Crippen LogP contribution in [0.25, 0.3) is 16.5 Å². The van der Waals surface area contributed by atoms with E-state index in [0.717, 1.165) is 5.56 Å². The first-order valence-corrected chi connectivity index (χ1v) is 10.00. The van der Waals surface area contributed by atoms with Gasteiger partial charge in [-0.05, 0) is 29.8 Å². The average Bonchev–Trinajstić information content (AvgIpc) is 3.34. The fourth-order valence-corrected chi connectivity index (χ4v) is 3.55. The topological polar surface area (TPSA) is 94.7 Å². The van der Waals surface area contributed by atoms with Crippen molar-refractivity contribution in [1.29, 1.82) is 0 Å². The second-order valence-electron chi connectivity index (χ2n) is 7.15. The van der Waals surface area contributed by atoms with Gasteiger partial charge >= 0.3 is 0 Å². The van der Waals surface area contributed by atoms with E-state index in [2.05, 4.69) is 20.5 Å². The molecule has 0 unspecified atom stereocenters. The Labute approximate surface area is 182 Å². The zero-order chi connectivity index (χ0) is 21.9. The maximum atomic E-state index is 13.4. The number of rotatable bonds is 5. The molecular weight excluding hydrogens is 404 g/mol. The molecule has 5 rings (SSSR count). The summed E-state index contributed by atoms with van der Waals surface area (Å²) in [5.74, 6) is -0.406. The molecule has 5 aromatic rings. The highest BCUT2D eigenvalue weighted by Gasteiger charge is 2.18. The van der Waals surface area contributed by atoms with Crippen LogP contribution in [0.5, 0.6) is 0 Å². The van der Waals surface area contributed by atoms with Crippen molar-refractivity contribution in [2.24, 2.45) is 0 Å². The van der Waals surface area contributed by atoms with E-state index in [1.54, 1.807) is 47.4 Å². The van der Waals surface area contributed by atoms with Crippen molar-refractivity contribution in [2.45, 2.75) is 6.54 Å². The first-order chi connectivity index (χ1) is 15.7. The van der Waals surface area contributed by atoms with Gasteiger partial charge in [0.15, 0.2) is 5.69 Å². The molecule has 0 aliphatic carbocycles. The number of nitrogens with one attached hydrogen (secondary N) is 1. The third-order valence-corrected chi connectivity index (χ3v) is 5.09. The Morgan fingerprint density at radius 1 is 0.875 bits per heavy atom. The van der Waals surface area contributed by atoms with Crippen LogP contribution >= 0.6 is 0 Å². The monoisotopic (exact) mass is 422 g/mol. The molecule has 0 radical (unpaired) electrons. The van der Waals surface area contributed by atoms with Gasteiger partial charge in [-0.2, -0.15) is 14.9 Å². The summed E-state index contributed by atoms with van der Waals surface area (Å²) < 4.78 is 2.94. The number of hydrogen-bond donors (Lipinski definition) is 1. The van der Waals surface area contributed by atoms with Gasteiger partial charge in [0.05, 0.1) is 17.6 Å². The number of nitrogens with zero attached hydrogens (tertiary/aromatic N) is 5. The number of benzene rings is 3. The van der Waals surface area contributed by atoms with Crippen molar-refractivity contribution in [2.75, 3.05) is 5.32 Å². The molecule has 0 bridgehead atoms. The number of carbonyl (C=O) groups excluding carboxylic acids is 1. The van der Waals surface area contributed by atoms with Crippen molar-refractivity contribution < 1.29 is 4.79 Å². The summed E-state index contributed by atoms with van der Waals surface area (Å²) in [5.41, 5.74) is 1.97. The molecule has 0 saturated heterocycles. The molecular formula is C24H18N6O2. The Bertz CT molecular complexity index is 1460. The number of amides is 1. The summed E-state index contributed by atoms with van der Waals surface area (Å²) in [7, 11) is 0. The molecule has 8 nitrogen and oxygen atoms in total. The molecule has 2 aromatic heterocycles. The third kappa shape index (κ3) is 3.65. The first kappa shape index (κ1) is 19.4. The maximum Gasteiger partial charge on any atom is 0.279 e. The quantitative estimate of drug-likeness (QED) is 0.469. The Morgan fingerprint density at radius 3 is 2.38 bits per heavy atom. The van der Waals surface area contributed by atoms with Gasteiger partial charge < -0.3 is 5.32 Å². The van der Waals surface area contributed by atoms with E-state index in [4.69, 9.17) is 0 Å². The zero-order valence-electron chi connectivity index (χ0n) is 16.9. The van der Waals surface area contributed by atoms with Crippen molar-refractivity contribution in [3.63, 3.8) is 0 Å². The highest BCUT2D eigenvalue weighted by atomic mass is 16.2. The second kappa shape index (κ2) is 8.27. The molecule has 32 heavy (non-hydrogen) atoms. The lowest BCUT2D eigenvalue weighted by Crippen LogP contribution is -2.26. The van der Waals surface area contributed by atoms with Crippen molar-refractivity contribution in [3.8, 4) is 5.69 Å². The Morgan fingerprint density at radius 2 is 1.59 bits per heavy atom. The summed E-state index contributed by atoms with van der Waals surface area (Å²) in [5, 5.41) is 12.4. The van der Waals surface area contributed by atoms with E-state index in [-0.39, 0.29) is 11.3 Å². The largest absolute Gasteiger partial charge is 0.320 e. The molecule has 0 atom stereocenters. The van der Waals surface area contributed by atoms with Crippen molar-refractivity contribution in [3.05, 3.63) is 113 Å². The Kier molecular flexibility index (Phi) is 5.01. The fourth-order valence-electron chi connectivity index (χ4n) is 3.55. The van der Waals surface area contributed by atoms with E-state index in [9.17, 15) is 9.59 Å². The molecule has 0 spiro atoms. The molecule has 0 aliphatic heterocycles. The number of carbonyl (C=O) groups is 1. The predicted octanol–water partition coefficient (Wildman–Crippen LogP) is 3.28. The highest BCUT2D eigenvalue weighted by Crippen LogP contribution is 2.20. The van der Waals surface area contributed by atoms with Crippen LogP contribution in [0.2, 0.25) is 0 Å². The summed E-state index contributed by atoms with van der Waals surface area (Å²) in [6.07, 6.45) is 3.08. The summed E-state index contributed by atoms with van der Waals surface area (Å²) in [4.78, 5) is 30.4.